The van der Waals surface area contributed by atoms with Gasteiger partial charge in [-0.2, -0.15) is 0 Å². The maximum atomic E-state index is 13.8. The number of rotatable bonds is 22. The van der Waals surface area contributed by atoms with Crippen LogP contribution in [0.25, 0.3) is 0 Å². The molecule has 362 valence electrons. The zero-order valence-electron chi connectivity index (χ0n) is 38.2. The van der Waals surface area contributed by atoms with Crippen molar-refractivity contribution in [2.45, 2.75) is 88.6 Å². The Kier molecular flexibility index (Phi) is 20.0. The van der Waals surface area contributed by atoms with Gasteiger partial charge in [0.25, 0.3) is 11.8 Å². The standard InChI is InChI=1S/C48H60N10O10/c1-27(33-11-7-5-8-12-33)41(55-39(61)25-51-43(63)29(3)53-45(65)37(49)23-31-15-19-35(59)20-16-31)47(67)57-58-48(68)42(28(2)34-13-9-6-10-14-34)56-40(62)26-52-44(64)30(4)54-46(66)38(50)24-32-17-21-36(60)22-18-32/h5-22,27-30,37-38,41-42,59-60H,23-26,49-50H2,1-4H3,(H,51,63)(H,52,64)(H,53,65)(H,54,66)(H,55,61)(H,56,62)(H,57,67)(H,58,68)/t27-,28-,29-,30-,37+,38+,41-,42-/m1/s1. The molecular weight excluding hydrogens is 877 g/mol. The van der Waals surface area contributed by atoms with Crippen LogP contribution in [0.2, 0.25) is 0 Å². The van der Waals surface area contributed by atoms with Crippen LogP contribution in [-0.2, 0) is 51.2 Å². The summed E-state index contributed by atoms with van der Waals surface area (Å²) in [5.41, 5.74) is 19.4. The molecule has 4 aromatic rings. The van der Waals surface area contributed by atoms with Gasteiger partial charge in [0.1, 0.15) is 35.7 Å². The number of aromatic hydroxyl groups is 2. The monoisotopic (exact) mass is 936 g/mol. The van der Waals surface area contributed by atoms with Gasteiger partial charge in [0.15, 0.2) is 0 Å². The van der Waals surface area contributed by atoms with E-state index in [0.29, 0.717) is 22.3 Å². The van der Waals surface area contributed by atoms with Crippen LogP contribution in [0.15, 0.2) is 109 Å². The number of phenolic OH excluding ortho intramolecular Hbond substituents is 2. The quantitative estimate of drug-likeness (QED) is 0.0444. The Morgan fingerprint density at radius 3 is 1.09 bits per heavy atom. The van der Waals surface area contributed by atoms with E-state index in [1.165, 1.54) is 38.1 Å². The molecule has 4 rings (SSSR count). The molecule has 14 N–H and O–H groups in total. The Bertz CT molecular complexity index is 2190. The second-order valence-corrected chi connectivity index (χ2v) is 16.3. The van der Waals surface area contributed by atoms with Crippen molar-refractivity contribution in [3.8, 4) is 11.5 Å². The van der Waals surface area contributed by atoms with Gasteiger partial charge in [0.2, 0.25) is 35.4 Å². The van der Waals surface area contributed by atoms with Crippen molar-refractivity contribution in [2.24, 2.45) is 11.5 Å². The van der Waals surface area contributed by atoms with E-state index in [-0.39, 0.29) is 24.3 Å². The Morgan fingerprint density at radius 2 is 0.765 bits per heavy atom. The molecule has 8 atom stereocenters. The van der Waals surface area contributed by atoms with Gasteiger partial charge in [-0.1, -0.05) is 98.8 Å². The van der Waals surface area contributed by atoms with Crippen LogP contribution in [0.3, 0.4) is 0 Å². The highest BCUT2D eigenvalue weighted by Crippen LogP contribution is 2.21. The number of hydrazine groups is 1. The van der Waals surface area contributed by atoms with Crippen LogP contribution in [0.5, 0.6) is 11.5 Å². The predicted octanol–water partition coefficient (Wildman–Crippen LogP) is -0.496. The molecular formula is C48H60N10O10. The Morgan fingerprint density at radius 1 is 0.441 bits per heavy atom. The highest BCUT2D eigenvalue weighted by atomic mass is 16.3. The van der Waals surface area contributed by atoms with E-state index in [2.05, 4.69) is 42.8 Å². The third-order valence-electron chi connectivity index (χ3n) is 11.0. The first-order valence-electron chi connectivity index (χ1n) is 21.8. The molecule has 0 aliphatic rings. The summed E-state index contributed by atoms with van der Waals surface area (Å²) < 4.78 is 0. The van der Waals surface area contributed by atoms with E-state index < -0.39 is 108 Å². The minimum Gasteiger partial charge on any atom is -0.508 e. The van der Waals surface area contributed by atoms with Crippen LogP contribution >= 0.6 is 0 Å². The highest BCUT2D eigenvalue weighted by Gasteiger charge is 2.32. The fourth-order valence-corrected chi connectivity index (χ4v) is 6.83. The lowest BCUT2D eigenvalue weighted by Gasteiger charge is -2.27. The minimum absolute atomic E-state index is 0.0564. The second kappa shape index (κ2) is 25.7. The van der Waals surface area contributed by atoms with E-state index in [0.717, 1.165) is 0 Å². The molecule has 0 fully saturated rings. The normalized spacial score (nSPS) is 14.4. The lowest BCUT2D eigenvalue weighted by molar-refractivity contribution is -0.135. The first kappa shape index (κ1) is 52.8. The van der Waals surface area contributed by atoms with Gasteiger partial charge in [-0.25, -0.2) is 0 Å². The lowest BCUT2D eigenvalue weighted by atomic mass is 9.92. The van der Waals surface area contributed by atoms with E-state index in [1.54, 1.807) is 98.8 Å². The molecule has 0 unspecified atom stereocenters. The number of phenols is 2. The van der Waals surface area contributed by atoms with Crippen molar-refractivity contribution in [1.29, 1.82) is 0 Å². The summed E-state index contributed by atoms with van der Waals surface area (Å²) in [6.45, 7) is 4.98. The van der Waals surface area contributed by atoms with Crippen LogP contribution < -0.4 is 54.2 Å². The van der Waals surface area contributed by atoms with Crippen molar-refractivity contribution in [2.75, 3.05) is 13.1 Å². The number of hydrogen-bond acceptors (Lipinski definition) is 12. The Balaban J connectivity index is 1.35. The zero-order valence-corrected chi connectivity index (χ0v) is 38.2. The molecule has 0 heterocycles. The first-order chi connectivity index (χ1) is 32.3. The zero-order chi connectivity index (χ0) is 49.9. The molecule has 0 aliphatic heterocycles. The van der Waals surface area contributed by atoms with Gasteiger partial charge in [-0.15, -0.1) is 0 Å². The number of carbonyl (C=O) groups is 8. The fraction of sp³-hybridized carbons (Fsp3) is 0.333. The topological polar surface area (TPSA) is 325 Å². The molecule has 0 saturated carbocycles. The van der Waals surface area contributed by atoms with E-state index >= 15 is 0 Å². The summed E-state index contributed by atoms with van der Waals surface area (Å²) in [4.78, 5) is 105. The largest absolute Gasteiger partial charge is 0.508 e. The Labute approximate surface area is 393 Å². The number of carbonyl (C=O) groups excluding carboxylic acids is 8. The van der Waals surface area contributed by atoms with Crippen molar-refractivity contribution < 1.29 is 48.6 Å². The van der Waals surface area contributed by atoms with Crippen LogP contribution in [0.4, 0.5) is 0 Å². The van der Waals surface area contributed by atoms with Gasteiger partial charge in [0, 0.05) is 11.8 Å². The second-order valence-electron chi connectivity index (χ2n) is 16.3. The SMILES string of the molecule is C[C@H](c1ccccc1)[C@@H](NC(=O)CNC(=O)[C@@H](C)NC(=O)[C@@H](N)Cc1ccc(O)cc1)C(=O)NNC(=O)[C@H](NC(=O)CNC(=O)[C@@H](C)NC(=O)[C@@H](N)Cc1ccc(O)cc1)[C@H](C)c1ccccc1. The molecule has 20 heteroatoms. The van der Waals surface area contributed by atoms with Gasteiger partial charge in [0.05, 0.1) is 25.2 Å². The molecule has 4 aromatic carbocycles. The first-order valence-corrected chi connectivity index (χ1v) is 21.8. The summed E-state index contributed by atoms with van der Waals surface area (Å²) in [5.74, 6) is -7.13. The number of amides is 8. The number of nitrogens with two attached hydrogens (primary N) is 2. The number of nitrogens with one attached hydrogen (secondary N) is 8. The molecule has 0 aromatic heterocycles. The molecule has 20 nitrogen and oxygen atoms in total. The highest BCUT2D eigenvalue weighted by molar-refractivity contribution is 5.96. The predicted molar refractivity (Wildman–Crippen MR) is 251 cm³/mol. The van der Waals surface area contributed by atoms with Crippen molar-refractivity contribution >= 4 is 47.3 Å². The van der Waals surface area contributed by atoms with E-state index in [1.807, 2.05) is 0 Å². The van der Waals surface area contributed by atoms with Crippen molar-refractivity contribution in [3.63, 3.8) is 0 Å². The molecule has 8 amide bonds. The maximum absolute atomic E-state index is 13.8. The third kappa shape index (κ3) is 16.5. The maximum Gasteiger partial charge on any atom is 0.261 e. The average Bonchev–Trinajstić information content (AvgIpc) is 3.33. The minimum atomic E-state index is -1.31. The molecule has 0 spiro atoms. The average molecular weight is 937 g/mol. The van der Waals surface area contributed by atoms with E-state index in [9.17, 15) is 48.6 Å². The summed E-state index contributed by atoms with van der Waals surface area (Å²) >= 11 is 0. The molecule has 0 aliphatic carbocycles. The summed E-state index contributed by atoms with van der Waals surface area (Å²) in [6, 6.07) is 22.9. The third-order valence-corrected chi connectivity index (χ3v) is 11.0. The van der Waals surface area contributed by atoms with Crippen molar-refractivity contribution in [1.82, 2.24) is 42.8 Å². The molecule has 0 radical (unpaired) electrons. The molecule has 0 bridgehead atoms. The molecule has 68 heavy (non-hydrogen) atoms. The fourth-order valence-electron chi connectivity index (χ4n) is 6.83. The van der Waals surface area contributed by atoms with Crippen molar-refractivity contribution in [3.05, 3.63) is 131 Å². The van der Waals surface area contributed by atoms with Crippen LogP contribution in [0, 0.1) is 0 Å². The summed E-state index contributed by atoms with van der Waals surface area (Å²) in [6.07, 6.45) is 0.275. The van der Waals surface area contributed by atoms with Gasteiger partial charge in [-0.05, 0) is 73.2 Å². The van der Waals surface area contributed by atoms with Crippen LogP contribution in [-0.4, -0.2) is 107 Å². The lowest BCUT2D eigenvalue weighted by Crippen LogP contribution is -2.59. The number of hydrogen-bond donors (Lipinski definition) is 12. The number of benzene rings is 4. The Hall–Kier alpha value is -7.84. The molecule has 0 saturated heterocycles. The summed E-state index contributed by atoms with van der Waals surface area (Å²) in [5, 5.41) is 34.1. The summed E-state index contributed by atoms with van der Waals surface area (Å²) in [7, 11) is 0. The van der Waals surface area contributed by atoms with Gasteiger partial charge in [-0.3, -0.25) is 49.2 Å². The van der Waals surface area contributed by atoms with E-state index in [4.69, 9.17) is 11.5 Å². The van der Waals surface area contributed by atoms with Gasteiger partial charge < -0.3 is 53.6 Å². The smallest absolute Gasteiger partial charge is 0.261 e. The van der Waals surface area contributed by atoms with Gasteiger partial charge >= 0.3 is 0 Å². The van der Waals surface area contributed by atoms with Crippen LogP contribution in [0.1, 0.15) is 61.8 Å².